The van der Waals surface area contributed by atoms with E-state index >= 15 is 0 Å². The van der Waals surface area contributed by atoms with Gasteiger partial charge in [0.25, 0.3) is 11.6 Å². The van der Waals surface area contributed by atoms with Crippen molar-refractivity contribution in [1.82, 2.24) is 9.80 Å². The number of ether oxygens (including phenoxy) is 1. The summed E-state index contributed by atoms with van der Waals surface area (Å²) in [4.78, 5) is 39.9. The third-order valence-electron chi connectivity index (χ3n) is 5.45. The largest absolute Gasteiger partial charge is 0.467 e. The van der Waals surface area contributed by atoms with Crippen LogP contribution in [0.5, 0.6) is 0 Å². The molecule has 0 saturated carbocycles. The molecule has 172 valence electrons. The van der Waals surface area contributed by atoms with E-state index in [1.54, 1.807) is 17.2 Å². The predicted molar refractivity (Wildman–Crippen MR) is 117 cm³/mol. The molecule has 9 heteroatoms. The zero-order valence-corrected chi connectivity index (χ0v) is 18.3. The second-order valence-corrected chi connectivity index (χ2v) is 7.87. The van der Waals surface area contributed by atoms with E-state index in [1.807, 2.05) is 13.0 Å². The van der Waals surface area contributed by atoms with Gasteiger partial charge in [-0.2, -0.15) is 0 Å². The van der Waals surface area contributed by atoms with Crippen molar-refractivity contribution in [2.75, 3.05) is 26.2 Å². The van der Waals surface area contributed by atoms with Crippen LogP contribution in [0.15, 0.2) is 47.1 Å². The maximum atomic E-state index is 13.3. The molecular weight excluding hydrogens is 414 g/mol. The molecule has 2 amide bonds. The van der Waals surface area contributed by atoms with E-state index in [0.29, 0.717) is 37.6 Å². The number of non-ortho nitro benzene ring substituents is 1. The quantitative estimate of drug-likeness (QED) is 0.388. The van der Waals surface area contributed by atoms with E-state index in [4.69, 9.17) is 9.15 Å². The molecule has 0 N–H and O–H groups in total. The minimum atomic E-state index is -0.510. The lowest BCUT2D eigenvalue weighted by Gasteiger charge is -2.29. The molecule has 2 heterocycles. The van der Waals surface area contributed by atoms with E-state index in [9.17, 15) is 19.7 Å². The summed E-state index contributed by atoms with van der Waals surface area (Å²) in [6, 6.07) is 9.04. The Bertz CT molecular complexity index is 891. The molecule has 0 spiro atoms. The van der Waals surface area contributed by atoms with Crippen molar-refractivity contribution in [2.45, 2.75) is 45.3 Å². The van der Waals surface area contributed by atoms with Gasteiger partial charge in [-0.1, -0.05) is 13.3 Å². The van der Waals surface area contributed by atoms with E-state index in [2.05, 4.69) is 0 Å². The Morgan fingerprint density at radius 2 is 1.97 bits per heavy atom. The Morgan fingerprint density at radius 1 is 1.19 bits per heavy atom. The van der Waals surface area contributed by atoms with Gasteiger partial charge in [-0.3, -0.25) is 19.7 Å². The summed E-state index contributed by atoms with van der Waals surface area (Å²) in [5, 5.41) is 10.9. The number of amides is 2. The molecular formula is C23H29N3O6. The molecule has 32 heavy (non-hydrogen) atoms. The standard InChI is InChI=1S/C23H29N3O6/c1-2-3-12-24(23(28)18-8-10-19(11-9-18)26(29)30)17-22(27)25(15-20-6-4-13-31-20)16-21-7-5-14-32-21/h4,6,8-11,13,21H,2-3,5,7,12,14-17H2,1H3/t21-/m1/s1. The highest BCUT2D eigenvalue weighted by Crippen LogP contribution is 2.17. The van der Waals surface area contributed by atoms with Crippen molar-refractivity contribution in [2.24, 2.45) is 0 Å². The second kappa shape index (κ2) is 11.4. The summed E-state index contributed by atoms with van der Waals surface area (Å²) in [7, 11) is 0. The van der Waals surface area contributed by atoms with Gasteiger partial charge in [0, 0.05) is 37.4 Å². The fourth-order valence-corrected chi connectivity index (χ4v) is 3.65. The summed E-state index contributed by atoms with van der Waals surface area (Å²) < 4.78 is 11.1. The highest BCUT2D eigenvalue weighted by molar-refractivity contribution is 5.96. The number of hydrogen-bond donors (Lipinski definition) is 0. The van der Waals surface area contributed by atoms with Crippen LogP contribution in [0, 0.1) is 10.1 Å². The van der Waals surface area contributed by atoms with Crippen LogP contribution >= 0.6 is 0 Å². The maximum absolute atomic E-state index is 13.3. The highest BCUT2D eigenvalue weighted by atomic mass is 16.6. The minimum absolute atomic E-state index is 0.0246. The van der Waals surface area contributed by atoms with Crippen molar-refractivity contribution in [3.63, 3.8) is 0 Å². The van der Waals surface area contributed by atoms with E-state index in [-0.39, 0.29) is 30.2 Å². The van der Waals surface area contributed by atoms with E-state index < -0.39 is 4.92 Å². The number of nitro groups is 1. The SMILES string of the molecule is CCCCN(CC(=O)N(Cc1ccco1)C[C@H]1CCCO1)C(=O)c1ccc([N+](=O)[O-])cc1. The van der Waals surface area contributed by atoms with E-state index in [0.717, 1.165) is 25.7 Å². The van der Waals surface area contributed by atoms with Gasteiger partial charge in [0.15, 0.2) is 0 Å². The Kier molecular flexibility index (Phi) is 8.38. The Balaban J connectivity index is 1.73. The summed E-state index contributed by atoms with van der Waals surface area (Å²) in [5.74, 6) is 0.151. The normalized spacial score (nSPS) is 15.5. The predicted octanol–water partition coefficient (Wildman–Crippen LogP) is 3.64. The molecule has 0 bridgehead atoms. The summed E-state index contributed by atoms with van der Waals surface area (Å²) in [5.41, 5.74) is 0.232. The second-order valence-electron chi connectivity index (χ2n) is 7.87. The van der Waals surface area contributed by atoms with Crippen LogP contribution in [0.3, 0.4) is 0 Å². The number of hydrogen-bond acceptors (Lipinski definition) is 6. The van der Waals surface area contributed by atoms with Gasteiger partial charge in [0.2, 0.25) is 5.91 Å². The van der Waals surface area contributed by atoms with Gasteiger partial charge in [-0.15, -0.1) is 0 Å². The van der Waals surface area contributed by atoms with Crippen LogP contribution < -0.4 is 0 Å². The molecule has 3 rings (SSSR count). The van der Waals surface area contributed by atoms with Crippen LogP contribution in [0.2, 0.25) is 0 Å². The molecule has 0 unspecified atom stereocenters. The molecule has 9 nitrogen and oxygen atoms in total. The number of rotatable bonds is 11. The van der Waals surface area contributed by atoms with Crippen LogP contribution in [0.1, 0.15) is 48.7 Å². The third-order valence-corrected chi connectivity index (χ3v) is 5.45. The van der Waals surface area contributed by atoms with Crippen molar-refractivity contribution in [1.29, 1.82) is 0 Å². The van der Waals surface area contributed by atoms with Crippen molar-refractivity contribution < 1.29 is 23.7 Å². The molecule has 2 aromatic rings. The highest BCUT2D eigenvalue weighted by Gasteiger charge is 2.26. The monoisotopic (exact) mass is 443 g/mol. The zero-order chi connectivity index (χ0) is 22.9. The zero-order valence-electron chi connectivity index (χ0n) is 18.3. The van der Waals surface area contributed by atoms with Crippen LogP contribution in [0.4, 0.5) is 5.69 Å². The number of nitro benzene ring substituents is 1. The van der Waals surface area contributed by atoms with Crippen molar-refractivity contribution >= 4 is 17.5 Å². The van der Waals surface area contributed by atoms with Crippen molar-refractivity contribution in [3.8, 4) is 0 Å². The molecule has 1 aliphatic rings. The first-order valence-corrected chi connectivity index (χ1v) is 10.9. The average molecular weight is 444 g/mol. The van der Waals surface area contributed by atoms with Gasteiger partial charge >= 0.3 is 0 Å². The summed E-state index contributed by atoms with van der Waals surface area (Å²) in [6.45, 7) is 3.79. The molecule has 0 aliphatic carbocycles. The van der Waals surface area contributed by atoms with Gasteiger partial charge in [0.05, 0.1) is 23.8 Å². The molecule has 1 atom stereocenters. The third kappa shape index (κ3) is 6.40. The van der Waals surface area contributed by atoms with Crippen LogP contribution in [-0.2, 0) is 16.1 Å². The molecule has 1 aliphatic heterocycles. The smallest absolute Gasteiger partial charge is 0.269 e. The Morgan fingerprint density at radius 3 is 2.56 bits per heavy atom. The Hall–Kier alpha value is -3.20. The number of nitrogens with zero attached hydrogens (tertiary/aromatic N) is 3. The van der Waals surface area contributed by atoms with Crippen molar-refractivity contribution in [3.05, 3.63) is 64.1 Å². The first-order valence-electron chi connectivity index (χ1n) is 10.9. The lowest BCUT2D eigenvalue weighted by atomic mass is 10.1. The molecule has 1 fully saturated rings. The Labute approximate surface area is 187 Å². The van der Waals surface area contributed by atoms with Crippen LogP contribution in [-0.4, -0.2) is 58.9 Å². The molecule has 1 saturated heterocycles. The van der Waals surface area contributed by atoms with E-state index in [1.165, 1.54) is 29.2 Å². The van der Waals surface area contributed by atoms with Gasteiger partial charge in [-0.25, -0.2) is 0 Å². The fourth-order valence-electron chi connectivity index (χ4n) is 3.65. The molecule has 1 aromatic heterocycles. The van der Waals surface area contributed by atoms with Gasteiger partial charge in [-0.05, 0) is 43.5 Å². The number of unbranched alkanes of at least 4 members (excludes halogenated alkanes) is 1. The average Bonchev–Trinajstić information content (AvgIpc) is 3.50. The maximum Gasteiger partial charge on any atom is 0.269 e. The molecule has 1 aromatic carbocycles. The number of furan rings is 1. The molecule has 0 radical (unpaired) electrons. The van der Waals surface area contributed by atoms with Crippen LogP contribution in [0.25, 0.3) is 0 Å². The minimum Gasteiger partial charge on any atom is -0.467 e. The first kappa shape index (κ1) is 23.5. The fraction of sp³-hybridized carbons (Fsp3) is 0.478. The summed E-state index contributed by atoms with van der Waals surface area (Å²) in [6.07, 6.45) is 5.01. The van der Waals surface area contributed by atoms with Gasteiger partial charge < -0.3 is 19.0 Å². The number of benzene rings is 1. The number of carbonyl (C=O) groups is 2. The van der Waals surface area contributed by atoms with Gasteiger partial charge in [0.1, 0.15) is 12.3 Å². The number of carbonyl (C=O) groups excluding carboxylic acids is 2. The topological polar surface area (TPSA) is 106 Å². The lowest BCUT2D eigenvalue weighted by molar-refractivity contribution is -0.384. The lowest BCUT2D eigenvalue weighted by Crippen LogP contribution is -2.45. The summed E-state index contributed by atoms with van der Waals surface area (Å²) >= 11 is 0. The first-order chi connectivity index (χ1) is 15.5.